The van der Waals surface area contributed by atoms with E-state index < -0.39 is 0 Å². The van der Waals surface area contributed by atoms with E-state index in [1.165, 1.54) is 12.0 Å². The summed E-state index contributed by atoms with van der Waals surface area (Å²) in [7, 11) is 1.77. The number of hydrogen-bond acceptors (Lipinski definition) is 3. The average Bonchev–Trinajstić information content (AvgIpc) is 2.59. The molecule has 4 nitrogen and oxygen atoms in total. The second-order valence-corrected chi connectivity index (χ2v) is 5.52. The molecule has 0 unspecified atom stereocenters. The number of ether oxygens (including phenoxy) is 1. The molecule has 0 atom stereocenters. The van der Waals surface area contributed by atoms with Crippen molar-refractivity contribution in [1.82, 2.24) is 4.98 Å². The summed E-state index contributed by atoms with van der Waals surface area (Å²) < 4.78 is 5.78. The number of aryl methyl sites for hydroxylation is 1. The van der Waals surface area contributed by atoms with E-state index in [0.717, 1.165) is 36.4 Å². The van der Waals surface area contributed by atoms with E-state index in [2.05, 4.69) is 4.98 Å². The summed E-state index contributed by atoms with van der Waals surface area (Å²) in [6, 6.07) is 11.4. The smallest absolute Gasteiger partial charge is 0.264 e. The third kappa shape index (κ3) is 3.11. The van der Waals surface area contributed by atoms with Crippen LogP contribution in [-0.4, -0.2) is 24.5 Å². The number of rotatable bonds is 4. The van der Waals surface area contributed by atoms with Crippen LogP contribution in [0.5, 0.6) is 5.75 Å². The summed E-state index contributed by atoms with van der Waals surface area (Å²) in [5, 5.41) is 0. The van der Waals surface area contributed by atoms with Gasteiger partial charge in [-0.15, -0.1) is 0 Å². The molecule has 4 heteroatoms. The maximum Gasteiger partial charge on any atom is 0.264 e. The Labute approximate surface area is 130 Å². The van der Waals surface area contributed by atoms with Gasteiger partial charge in [-0.25, -0.2) is 0 Å². The van der Waals surface area contributed by atoms with Gasteiger partial charge in [0.15, 0.2) is 6.61 Å². The van der Waals surface area contributed by atoms with Gasteiger partial charge in [0, 0.05) is 30.2 Å². The molecule has 0 bridgehead atoms. The maximum absolute atomic E-state index is 12.3. The van der Waals surface area contributed by atoms with Gasteiger partial charge in [-0.05, 0) is 43.9 Å². The average molecular weight is 296 g/mol. The van der Waals surface area contributed by atoms with Crippen LogP contribution in [0, 0.1) is 0 Å². The van der Waals surface area contributed by atoms with E-state index in [1.54, 1.807) is 18.1 Å². The Balaban J connectivity index is 1.67. The SMILES string of the molecule is CN(C(=O)COc1ccnc2c1CCCC2)c1ccccc1. The van der Waals surface area contributed by atoms with Crippen LogP contribution in [0.3, 0.4) is 0 Å². The first-order chi connectivity index (χ1) is 10.8. The summed E-state index contributed by atoms with van der Waals surface area (Å²) in [5.74, 6) is 0.743. The lowest BCUT2D eigenvalue weighted by molar-refractivity contribution is -0.120. The predicted molar refractivity (Wildman–Crippen MR) is 86.2 cm³/mol. The second-order valence-electron chi connectivity index (χ2n) is 5.52. The highest BCUT2D eigenvalue weighted by Crippen LogP contribution is 2.27. The van der Waals surface area contributed by atoms with Gasteiger partial charge in [0.25, 0.3) is 5.91 Å². The van der Waals surface area contributed by atoms with Crippen LogP contribution < -0.4 is 9.64 Å². The molecule has 2 aromatic rings. The summed E-state index contributed by atoms with van der Waals surface area (Å²) >= 11 is 0. The molecule has 1 aliphatic carbocycles. The van der Waals surface area contributed by atoms with Crippen LogP contribution in [0.2, 0.25) is 0 Å². The van der Waals surface area contributed by atoms with E-state index >= 15 is 0 Å². The Hall–Kier alpha value is -2.36. The third-order valence-electron chi connectivity index (χ3n) is 4.06. The Morgan fingerprint density at radius 3 is 2.77 bits per heavy atom. The van der Waals surface area contributed by atoms with Gasteiger partial charge in [0.2, 0.25) is 0 Å². The van der Waals surface area contributed by atoms with Crippen molar-refractivity contribution in [2.75, 3.05) is 18.6 Å². The molecule has 0 fully saturated rings. The van der Waals surface area contributed by atoms with Gasteiger partial charge in [-0.3, -0.25) is 9.78 Å². The molecular formula is C18H20N2O2. The largest absolute Gasteiger partial charge is 0.483 e. The highest BCUT2D eigenvalue weighted by atomic mass is 16.5. The lowest BCUT2D eigenvalue weighted by atomic mass is 9.95. The third-order valence-corrected chi connectivity index (χ3v) is 4.06. The van der Waals surface area contributed by atoms with E-state index in [-0.39, 0.29) is 12.5 Å². The Morgan fingerprint density at radius 1 is 1.18 bits per heavy atom. The first-order valence-corrected chi connectivity index (χ1v) is 7.67. The van der Waals surface area contributed by atoms with Gasteiger partial charge in [0.1, 0.15) is 5.75 Å². The molecule has 114 valence electrons. The number of pyridine rings is 1. The number of carbonyl (C=O) groups excluding carboxylic acids is 1. The maximum atomic E-state index is 12.3. The standard InChI is InChI=1S/C18H20N2O2/c1-20(14-7-3-2-4-8-14)18(21)13-22-17-11-12-19-16-10-6-5-9-15(16)17/h2-4,7-8,11-12H,5-6,9-10,13H2,1H3. The van der Waals surface area contributed by atoms with Crippen LogP contribution in [0.15, 0.2) is 42.6 Å². The number of anilines is 1. The Bertz CT molecular complexity index is 655. The number of amides is 1. The van der Waals surface area contributed by atoms with Gasteiger partial charge in [0.05, 0.1) is 0 Å². The van der Waals surface area contributed by atoms with Crippen molar-refractivity contribution >= 4 is 11.6 Å². The second kappa shape index (κ2) is 6.60. The molecule has 3 rings (SSSR count). The van der Waals surface area contributed by atoms with Crippen molar-refractivity contribution in [3.63, 3.8) is 0 Å². The number of hydrogen-bond donors (Lipinski definition) is 0. The van der Waals surface area contributed by atoms with Crippen molar-refractivity contribution in [1.29, 1.82) is 0 Å². The fourth-order valence-corrected chi connectivity index (χ4v) is 2.76. The number of nitrogens with zero attached hydrogens (tertiary/aromatic N) is 2. The molecule has 1 aliphatic rings. The fraction of sp³-hybridized carbons (Fsp3) is 0.333. The summed E-state index contributed by atoms with van der Waals surface area (Å²) in [6.45, 7) is 0.0435. The Morgan fingerprint density at radius 2 is 1.95 bits per heavy atom. The molecule has 0 saturated heterocycles. The van der Waals surface area contributed by atoms with Gasteiger partial charge < -0.3 is 9.64 Å². The van der Waals surface area contributed by atoms with Gasteiger partial charge >= 0.3 is 0 Å². The van der Waals surface area contributed by atoms with Crippen molar-refractivity contribution in [2.45, 2.75) is 25.7 Å². The van der Waals surface area contributed by atoms with Crippen molar-refractivity contribution in [3.05, 3.63) is 53.9 Å². The summed E-state index contributed by atoms with van der Waals surface area (Å²) in [5.41, 5.74) is 3.16. The van der Waals surface area contributed by atoms with E-state index in [4.69, 9.17) is 4.74 Å². The minimum Gasteiger partial charge on any atom is -0.483 e. The van der Waals surface area contributed by atoms with Crippen LogP contribution >= 0.6 is 0 Å². The van der Waals surface area contributed by atoms with Crippen LogP contribution in [0.1, 0.15) is 24.1 Å². The molecular weight excluding hydrogens is 276 g/mol. The van der Waals surface area contributed by atoms with Crippen LogP contribution in [0.4, 0.5) is 5.69 Å². The van der Waals surface area contributed by atoms with E-state index in [9.17, 15) is 4.79 Å². The van der Waals surface area contributed by atoms with Crippen molar-refractivity contribution in [3.8, 4) is 5.75 Å². The molecule has 0 N–H and O–H groups in total. The number of para-hydroxylation sites is 1. The topological polar surface area (TPSA) is 42.4 Å². The normalized spacial score (nSPS) is 13.3. The number of carbonyl (C=O) groups is 1. The van der Waals surface area contributed by atoms with Gasteiger partial charge in [-0.1, -0.05) is 18.2 Å². The lowest BCUT2D eigenvalue weighted by Crippen LogP contribution is -2.31. The first kappa shape index (κ1) is 14.6. The summed E-state index contributed by atoms with van der Waals surface area (Å²) in [4.78, 5) is 18.3. The fourth-order valence-electron chi connectivity index (χ4n) is 2.76. The molecule has 0 saturated carbocycles. The zero-order chi connectivity index (χ0) is 15.4. The van der Waals surface area contributed by atoms with E-state index in [1.807, 2.05) is 36.4 Å². The molecule has 0 radical (unpaired) electrons. The Kier molecular flexibility index (Phi) is 4.37. The zero-order valence-electron chi connectivity index (χ0n) is 12.8. The molecule has 1 amide bonds. The number of aromatic nitrogens is 1. The van der Waals surface area contributed by atoms with Crippen LogP contribution in [-0.2, 0) is 17.6 Å². The highest BCUT2D eigenvalue weighted by molar-refractivity contribution is 5.93. The van der Waals surface area contributed by atoms with Crippen LogP contribution in [0.25, 0.3) is 0 Å². The highest BCUT2D eigenvalue weighted by Gasteiger charge is 2.17. The quantitative estimate of drug-likeness (QED) is 0.871. The minimum atomic E-state index is -0.0624. The molecule has 1 aromatic carbocycles. The molecule has 0 spiro atoms. The monoisotopic (exact) mass is 296 g/mol. The van der Waals surface area contributed by atoms with Crippen molar-refractivity contribution < 1.29 is 9.53 Å². The predicted octanol–water partition coefficient (Wildman–Crippen LogP) is 3.00. The molecule has 0 aliphatic heterocycles. The number of likely N-dealkylation sites (N-methyl/N-ethyl adjacent to an activating group) is 1. The first-order valence-electron chi connectivity index (χ1n) is 7.67. The summed E-state index contributed by atoms with van der Waals surface area (Å²) in [6.07, 6.45) is 6.10. The number of fused-ring (bicyclic) bond motifs is 1. The van der Waals surface area contributed by atoms with Crippen molar-refractivity contribution in [2.24, 2.45) is 0 Å². The number of benzene rings is 1. The van der Waals surface area contributed by atoms with E-state index in [0.29, 0.717) is 0 Å². The minimum absolute atomic E-state index is 0.0435. The molecule has 1 heterocycles. The molecule has 1 aromatic heterocycles. The molecule has 22 heavy (non-hydrogen) atoms. The van der Waals surface area contributed by atoms with Gasteiger partial charge in [-0.2, -0.15) is 0 Å². The zero-order valence-corrected chi connectivity index (χ0v) is 12.8. The lowest BCUT2D eigenvalue weighted by Gasteiger charge is -2.20.